The molecule has 4 N–H and O–H groups in total. The van der Waals surface area contributed by atoms with Crippen LogP contribution < -0.4 is 5.32 Å². The first-order valence-corrected chi connectivity index (χ1v) is 28.3. The number of carbonyl (C=O) groups is 1. The lowest BCUT2D eigenvalue weighted by Crippen LogP contribution is -2.49. The molecule has 0 heterocycles. The number of aliphatic hydroxyl groups is 3. The molecule has 0 aromatic rings. The van der Waals surface area contributed by atoms with Gasteiger partial charge in [-0.1, -0.05) is 316 Å². The van der Waals surface area contributed by atoms with Gasteiger partial charge in [-0.25, -0.2) is 0 Å². The molecule has 3 atom stereocenters. The number of nitrogens with one attached hydrogen (secondary N) is 1. The molecule has 5 heteroatoms. The van der Waals surface area contributed by atoms with E-state index in [9.17, 15) is 20.1 Å². The molecule has 0 saturated heterocycles. The van der Waals surface area contributed by atoms with Crippen molar-refractivity contribution in [3.05, 3.63) is 0 Å². The Morgan fingerprint density at radius 3 is 0.738 bits per heavy atom. The summed E-state index contributed by atoms with van der Waals surface area (Å²) in [7, 11) is 0. The van der Waals surface area contributed by atoms with Crippen molar-refractivity contribution in [3.63, 3.8) is 0 Å². The number of amides is 1. The molecule has 0 radical (unpaired) electrons. The highest BCUT2D eigenvalue weighted by Crippen LogP contribution is 2.19. The first kappa shape index (κ1) is 60.4. The van der Waals surface area contributed by atoms with E-state index in [1.54, 1.807) is 0 Å². The van der Waals surface area contributed by atoms with Gasteiger partial charge in [-0.15, -0.1) is 0 Å². The molecule has 0 rings (SSSR count). The van der Waals surface area contributed by atoms with Crippen LogP contribution in [0.5, 0.6) is 0 Å². The highest BCUT2D eigenvalue weighted by Gasteiger charge is 2.23. The van der Waals surface area contributed by atoms with E-state index in [-0.39, 0.29) is 6.61 Å². The van der Waals surface area contributed by atoms with Gasteiger partial charge in [0, 0.05) is 0 Å². The van der Waals surface area contributed by atoms with Gasteiger partial charge < -0.3 is 20.6 Å². The van der Waals surface area contributed by atoms with Crippen LogP contribution in [0.4, 0.5) is 0 Å². The minimum atomic E-state index is -1.07. The van der Waals surface area contributed by atoms with Crippen molar-refractivity contribution in [2.75, 3.05) is 6.61 Å². The van der Waals surface area contributed by atoms with Crippen LogP contribution >= 0.6 is 0 Å². The number of aliphatic hydroxyl groups excluding tert-OH is 3. The smallest absolute Gasteiger partial charge is 0.249 e. The third kappa shape index (κ3) is 47.1. The molecular weight excluding hydrogens is 751 g/mol. The van der Waals surface area contributed by atoms with Gasteiger partial charge in [0.15, 0.2) is 0 Å². The second-order valence-corrected chi connectivity index (χ2v) is 19.9. The SMILES string of the molecule is CCCCCCCCCCCCCCCCCCCCCCCCCCCCCCCC(O)C(=O)NC(CO)C(O)CCCCCCCCCCCCCCCCCCCC. The van der Waals surface area contributed by atoms with Crippen LogP contribution in [0.3, 0.4) is 0 Å². The van der Waals surface area contributed by atoms with E-state index >= 15 is 0 Å². The third-order valence-electron chi connectivity index (χ3n) is 13.7. The van der Waals surface area contributed by atoms with Gasteiger partial charge in [-0.2, -0.15) is 0 Å². The van der Waals surface area contributed by atoms with Crippen LogP contribution in [-0.2, 0) is 4.79 Å². The highest BCUT2D eigenvalue weighted by atomic mass is 16.3. The Balaban J connectivity index is 3.47. The van der Waals surface area contributed by atoms with E-state index in [0.29, 0.717) is 12.8 Å². The molecule has 366 valence electrons. The van der Waals surface area contributed by atoms with Crippen LogP contribution in [0.25, 0.3) is 0 Å². The summed E-state index contributed by atoms with van der Waals surface area (Å²) < 4.78 is 0. The lowest BCUT2D eigenvalue weighted by Gasteiger charge is -2.23. The van der Waals surface area contributed by atoms with Crippen molar-refractivity contribution in [3.8, 4) is 0 Å². The van der Waals surface area contributed by atoms with Crippen molar-refractivity contribution < 1.29 is 20.1 Å². The van der Waals surface area contributed by atoms with Crippen molar-refractivity contribution >= 4 is 5.91 Å². The van der Waals surface area contributed by atoms with E-state index in [1.165, 1.54) is 270 Å². The normalized spacial score (nSPS) is 13.2. The van der Waals surface area contributed by atoms with Gasteiger partial charge in [0.2, 0.25) is 5.91 Å². The average molecular weight is 865 g/mol. The monoisotopic (exact) mass is 864 g/mol. The maximum Gasteiger partial charge on any atom is 0.249 e. The highest BCUT2D eigenvalue weighted by molar-refractivity contribution is 5.80. The number of carbonyl (C=O) groups excluding carboxylic acids is 1. The maximum atomic E-state index is 12.6. The van der Waals surface area contributed by atoms with Crippen molar-refractivity contribution in [1.29, 1.82) is 0 Å². The Labute approximate surface area is 383 Å². The predicted molar refractivity (Wildman–Crippen MR) is 269 cm³/mol. The molecular formula is C56H113NO4. The molecule has 0 fully saturated rings. The summed E-state index contributed by atoms with van der Waals surface area (Å²) in [5.74, 6) is -0.462. The minimum absolute atomic E-state index is 0.307. The number of rotatable bonds is 53. The Hall–Kier alpha value is -0.650. The number of unbranched alkanes of at least 4 members (excludes halogenated alkanes) is 45. The molecule has 0 saturated carbocycles. The predicted octanol–water partition coefficient (Wildman–Crippen LogP) is 17.3. The fourth-order valence-corrected chi connectivity index (χ4v) is 9.31. The van der Waals surface area contributed by atoms with Gasteiger partial charge >= 0.3 is 0 Å². The van der Waals surface area contributed by atoms with Crippen LogP contribution in [0.1, 0.15) is 328 Å². The number of hydrogen-bond acceptors (Lipinski definition) is 4. The quantitative estimate of drug-likeness (QED) is 0.0459. The Bertz CT molecular complexity index is 822. The molecule has 61 heavy (non-hydrogen) atoms. The second kappa shape index (κ2) is 52.0. The zero-order chi connectivity index (χ0) is 44.4. The van der Waals surface area contributed by atoms with E-state index < -0.39 is 24.2 Å². The fraction of sp³-hybridized carbons (Fsp3) is 0.982. The zero-order valence-corrected chi connectivity index (χ0v) is 41.8. The molecule has 0 aliphatic carbocycles. The second-order valence-electron chi connectivity index (χ2n) is 19.9. The Kier molecular flexibility index (Phi) is 51.4. The van der Waals surface area contributed by atoms with E-state index in [1.807, 2.05) is 0 Å². The van der Waals surface area contributed by atoms with E-state index in [4.69, 9.17) is 0 Å². The maximum absolute atomic E-state index is 12.6. The summed E-state index contributed by atoms with van der Waals surface area (Å²) in [5.41, 5.74) is 0. The Morgan fingerprint density at radius 2 is 0.525 bits per heavy atom. The molecule has 0 aliphatic rings. The summed E-state index contributed by atoms with van der Waals surface area (Å²) in [6.45, 7) is 4.28. The molecule has 0 spiro atoms. The van der Waals surface area contributed by atoms with Gasteiger partial charge in [-0.05, 0) is 12.8 Å². The molecule has 0 aliphatic heterocycles. The molecule has 1 amide bonds. The van der Waals surface area contributed by atoms with Crippen molar-refractivity contribution in [2.45, 2.75) is 347 Å². The summed E-state index contributed by atoms with van der Waals surface area (Å²) >= 11 is 0. The van der Waals surface area contributed by atoms with Crippen LogP contribution in [-0.4, -0.2) is 46.1 Å². The largest absolute Gasteiger partial charge is 0.394 e. The molecule has 3 unspecified atom stereocenters. The van der Waals surface area contributed by atoms with Gasteiger partial charge in [0.05, 0.1) is 18.8 Å². The molecule has 0 aromatic carbocycles. The molecule has 0 bridgehead atoms. The van der Waals surface area contributed by atoms with E-state index in [2.05, 4.69) is 19.2 Å². The topological polar surface area (TPSA) is 89.8 Å². The molecule has 5 nitrogen and oxygen atoms in total. The average Bonchev–Trinajstić information content (AvgIpc) is 3.26. The summed E-state index contributed by atoms with van der Waals surface area (Å²) in [4.78, 5) is 12.6. The summed E-state index contributed by atoms with van der Waals surface area (Å²) in [6.07, 6.45) is 63.0. The van der Waals surface area contributed by atoms with Crippen LogP contribution in [0.2, 0.25) is 0 Å². The standard InChI is InChI=1S/C56H113NO4/c1-3-5-7-9-11-13-15-17-19-21-23-24-25-26-27-28-29-30-31-32-33-35-37-39-41-43-45-47-49-51-55(60)56(61)57-53(52-58)54(59)50-48-46-44-42-40-38-36-34-22-20-18-16-14-12-10-8-6-4-2/h53-55,58-60H,3-52H2,1-2H3,(H,57,61). The van der Waals surface area contributed by atoms with Gasteiger partial charge in [0.1, 0.15) is 6.10 Å². The van der Waals surface area contributed by atoms with Crippen molar-refractivity contribution in [2.24, 2.45) is 0 Å². The van der Waals surface area contributed by atoms with Crippen LogP contribution in [0.15, 0.2) is 0 Å². The first-order chi connectivity index (χ1) is 30.1. The third-order valence-corrected chi connectivity index (χ3v) is 13.7. The van der Waals surface area contributed by atoms with E-state index in [0.717, 1.165) is 32.1 Å². The minimum Gasteiger partial charge on any atom is -0.394 e. The molecule has 0 aromatic heterocycles. The Morgan fingerprint density at radius 1 is 0.328 bits per heavy atom. The van der Waals surface area contributed by atoms with Crippen molar-refractivity contribution in [1.82, 2.24) is 5.32 Å². The zero-order valence-electron chi connectivity index (χ0n) is 41.8. The number of hydrogen-bond donors (Lipinski definition) is 4. The van der Waals surface area contributed by atoms with Gasteiger partial charge in [0.25, 0.3) is 0 Å². The van der Waals surface area contributed by atoms with Crippen LogP contribution in [0, 0.1) is 0 Å². The first-order valence-electron chi connectivity index (χ1n) is 28.3. The summed E-state index contributed by atoms with van der Waals surface area (Å²) in [5, 5.41) is 33.5. The van der Waals surface area contributed by atoms with Gasteiger partial charge in [-0.3, -0.25) is 4.79 Å². The fourth-order valence-electron chi connectivity index (χ4n) is 9.31. The lowest BCUT2D eigenvalue weighted by atomic mass is 10.0. The summed E-state index contributed by atoms with van der Waals surface area (Å²) in [6, 6.07) is -0.707. The lowest BCUT2D eigenvalue weighted by molar-refractivity contribution is -0.131.